The molecule has 0 saturated carbocycles. The van der Waals surface area contributed by atoms with Crippen molar-refractivity contribution in [3.8, 4) is 0 Å². The summed E-state index contributed by atoms with van der Waals surface area (Å²) in [7, 11) is 0. The van der Waals surface area contributed by atoms with Gasteiger partial charge in [-0.2, -0.15) is 0 Å². The zero-order valence-electron chi connectivity index (χ0n) is 16.8. The van der Waals surface area contributed by atoms with Crippen LogP contribution in [0.2, 0.25) is 0 Å². The van der Waals surface area contributed by atoms with Gasteiger partial charge in [0, 0.05) is 30.5 Å². The summed E-state index contributed by atoms with van der Waals surface area (Å²) in [6.45, 7) is 9.83. The van der Waals surface area contributed by atoms with E-state index in [-0.39, 0.29) is 25.0 Å². The van der Waals surface area contributed by atoms with E-state index < -0.39 is 17.8 Å². The molecular weight excluding hydrogens is 346 g/mol. The number of nitrogens with one attached hydrogen (secondary N) is 2. The fourth-order valence-electron chi connectivity index (χ4n) is 2.94. The molecule has 0 saturated heterocycles. The second kappa shape index (κ2) is 8.61. The molecule has 1 aliphatic heterocycles. The molecule has 1 aromatic rings. The first-order valence-corrected chi connectivity index (χ1v) is 9.44. The molecule has 0 fully saturated rings. The van der Waals surface area contributed by atoms with E-state index in [1.54, 1.807) is 20.8 Å². The fraction of sp³-hybridized carbons (Fsp3) is 0.600. The van der Waals surface area contributed by atoms with E-state index in [9.17, 15) is 14.7 Å². The van der Waals surface area contributed by atoms with Crippen molar-refractivity contribution in [2.75, 3.05) is 23.3 Å². The number of ether oxygens (including phenoxy) is 1. The highest BCUT2D eigenvalue weighted by molar-refractivity contribution is 6.02. The highest BCUT2D eigenvalue weighted by atomic mass is 16.6. The molecule has 1 aliphatic rings. The molecule has 0 bridgehead atoms. The molecule has 1 heterocycles. The van der Waals surface area contributed by atoms with Gasteiger partial charge in [-0.25, -0.2) is 4.79 Å². The van der Waals surface area contributed by atoms with Crippen LogP contribution in [0.1, 0.15) is 46.6 Å². The van der Waals surface area contributed by atoms with Gasteiger partial charge in [-0.05, 0) is 57.9 Å². The maximum absolute atomic E-state index is 12.3. The normalized spacial score (nSPS) is 15.9. The number of alkyl carbamates (subject to hydrolysis) is 1. The molecule has 1 aromatic carbocycles. The van der Waals surface area contributed by atoms with Gasteiger partial charge in [0.05, 0.1) is 12.5 Å². The molecule has 3 N–H and O–H groups in total. The molecule has 2 atom stereocenters. The zero-order valence-corrected chi connectivity index (χ0v) is 16.8. The highest BCUT2D eigenvalue weighted by Crippen LogP contribution is 2.33. The second-order valence-corrected chi connectivity index (χ2v) is 7.96. The lowest BCUT2D eigenvalue weighted by atomic mass is 10.1. The third kappa shape index (κ3) is 5.85. The minimum absolute atomic E-state index is 0.0904. The van der Waals surface area contributed by atoms with Gasteiger partial charge >= 0.3 is 6.09 Å². The lowest BCUT2D eigenvalue weighted by Gasteiger charge is -2.24. The number of anilines is 2. The Kier molecular flexibility index (Phi) is 6.70. The predicted molar refractivity (Wildman–Crippen MR) is 106 cm³/mol. The average Bonchev–Trinajstić information content (AvgIpc) is 2.90. The van der Waals surface area contributed by atoms with Gasteiger partial charge in [0.2, 0.25) is 5.91 Å². The lowest BCUT2D eigenvalue weighted by molar-refractivity contribution is -0.117. The molecule has 7 nitrogen and oxygen atoms in total. The van der Waals surface area contributed by atoms with Crippen LogP contribution in [0.5, 0.6) is 0 Å². The van der Waals surface area contributed by atoms with Crippen molar-refractivity contribution in [2.45, 2.75) is 65.2 Å². The van der Waals surface area contributed by atoms with Crippen molar-refractivity contribution >= 4 is 23.4 Å². The van der Waals surface area contributed by atoms with E-state index in [0.717, 1.165) is 23.4 Å². The Morgan fingerprint density at radius 2 is 2.04 bits per heavy atom. The van der Waals surface area contributed by atoms with E-state index in [0.29, 0.717) is 6.42 Å². The number of aliphatic hydroxyl groups excluding tert-OH is 1. The van der Waals surface area contributed by atoms with Crippen molar-refractivity contribution in [2.24, 2.45) is 0 Å². The number of hydrogen-bond acceptors (Lipinski definition) is 5. The Balaban J connectivity index is 1.86. The fourth-order valence-corrected chi connectivity index (χ4v) is 2.94. The number of nitrogens with zero attached hydrogens (tertiary/aromatic N) is 1. The molecule has 2 amide bonds. The van der Waals surface area contributed by atoms with E-state index in [2.05, 4.69) is 17.6 Å². The molecule has 7 heteroatoms. The van der Waals surface area contributed by atoms with Gasteiger partial charge in [-0.1, -0.05) is 6.92 Å². The van der Waals surface area contributed by atoms with E-state index in [1.165, 1.54) is 0 Å². The van der Waals surface area contributed by atoms with Crippen molar-refractivity contribution in [3.63, 3.8) is 0 Å². The van der Waals surface area contributed by atoms with Crippen LogP contribution in [0.25, 0.3) is 0 Å². The third-order valence-corrected chi connectivity index (χ3v) is 4.40. The zero-order chi connectivity index (χ0) is 20.2. The molecule has 0 aromatic heterocycles. The van der Waals surface area contributed by atoms with Crippen molar-refractivity contribution in [1.82, 2.24) is 5.32 Å². The van der Waals surface area contributed by atoms with Gasteiger partial charge < -0.3 is 25.4 Å². The first-order chi connectivity index (χ1) is 12.6. The maximum atomic E-state index is 12.3. The summed E-state index contributed by atoms with van der Waals surface area (Å²) in [5.41, 5.74) is 2.22. The molecule has 27 heavy (non-hydrogen) atoms. The Labute approximate surface area is 161 Å². The summed E-state index contributed by atoms with van der Waals surface area (Å²) >= 11 is 0. The summed E-state index contributed by atoms with van der Waals surface area (Å²) in [6.07, 6.45) is -0.00767. The van der Waals surface area contributed by atoms with Gasteiger partial charge in [-0.3, -0.25) is 4.79 Å². The minimum atomic E-state index is -0.760. The smallest absolute Gasteiger partial charge is 0.407 e. The number of benzene rings is 1. The number of carbonyl (C=O) groups excluding carboxylic acids is 2. The molecule has 2 rings (SSSR count). The summed E-state index contributed by atoms with van der Waals surface area (Å²) in [5.74, 6) is 0.123. The predicted octanol–water partition coefficient (Wildman–Crippen LogP) is 2.67. The summed E-state index contributed by atoms with van der Waals surface area (Å²) in [4.78, 5) is 25.7. The van der Waals surface area contributed by atoms with Crippen molar-refractivity contribution in [1.29, 1.82) is 0 Å². The average molecular weight is 377 g/mol. The van der Waals surface area contributed by atoms with Gasteiger partial charge in [0.25, 0.3) is 0 Å². The molecule has 150 valence electrons. The van der Waals surface area contributed by atoms with Gasteiger partial charge in [0.1, 0.15) is 5.60 Å². The quantitative estimate of drug-likeness (QED) is 0.680. The Morgan fingerprint density at radius 1 is 1.33 bits per heavy atom. The SMILES string of the molecule is CCC(C)N1C(=O)Cc2cc(NC[C@H](O)CNC(=O)OC(C)(C)C)ccc21. The monoisotopic (exact) mass is 377 g/mol. The topological polar surface area (TPSA) is 90.9 Å². The minimum Gasteiger partial charge on any atom is -0.444 e. The van der Waals surface area contributed by atoms with E-state index in [1.807, 2.05) is 30.0 Å². The Bertz CT molecular complexity index is 684. The number of carbonyl (C=O) groups is 2. The van der Waals surface area contributed by atoms with E-state index >= 15 is 0 Å². The largest absolute Gasteiger partial charge is 0.444 e. The number of amides is 2. The van der Waals surface area contributed by atoms with Crippen molar-refractivity contribution < 1.29 is 19.4 Å². The standard InChI is InChI=1S/C20H31N3O4/c1-6-13(2)23-17-8-7-15(9-14(17)10-18(23)25)21-11-16(24)12-22-19(26)27-20(3,4)5/h7-9,13,16,21,24H,6,10-12H2,1-5H3,(H,22,26)/t13?,16-/m0/s1. The van der Waals surface area contributed by atoms with Crippen LogP contribution in [0.4, 0.5) is 16.2 Å². The van der Waals surface area contributed by atoms with Crippen LogP contribution < -0.4 is 15.5 Å². The first kappa shape index (κ1) is 21.0. The van der Waals surface area contributed by atoms with Crippen LogP contribution in [-0.2, 0) is 16.0 Å². The Hall–Kier alpha value is -2.28. The van der Waals surface area contributed by atoms with E-state index in [4.69, 9.17) is 4.74 Å². The summed E-state index contributed by atoms with van der Waals surface area (Å²) in [6, 6.07) is 5.98. The van der Waals surface area contributed by atoms with Gasteiger partial charge in [0.15, 0.2) is 0 Å². The number of hydrogen-bond donors (Lipinski definition) is 3. The summed E-state index contributed by atoms with van der Waals surface area (Å²) in [5, 5.41) is 15.7. The lowest BCUT2D eigenvalue weighted by Crippen LogP contribution is -2.39. The van der Waals surface area contributed by atoms with Crippen LogP contribution in [0.15, 0.2) is 18.2 Å². The second-order valence-electron chi connectivity index (χ2n) is 7.96. The number of rotatable bonds is 7. The molecule has 0 radical (unpaired) electrons. The third-order valence-electron chi connectivity index (χ3n) is 4.40. The van der Waals surface area contributed by atoms with Crippen molar-refractivity contribution in [3.05, 3.63) is 23.8 Å². The maximum Gasteiger partial charge on any atom is 0.407 e. The first-order valence-electron chi connectivity index (χ1n) is 9.44. The molecule has 0 aliphatic carbocycles. The van der Waals surface area contributed by atoms with Gasteiger partial charge in [-0.15, -0.1) is 0 Å². The molecule has 1 unspecified atom stereocenters. The summed E-state index contributed by atoms with van der Waals surface area (Å²) < 4.78 is 5.13. The molecular formula is C20H31N3O4. The molecule has 0 spiro atoms. The van der Waals surface area contributed by atoms with Crippen LogP contribution in [-0.4, -0.2) is 47.9 Å². The van der Waals surface area contributed by atoms with Crippen LogP contribution in [0.3, 0.4) is 0 Å². The highest BCUT2D eigenvalue weighted by Gasteiger charge is 2.30. The number of fused-ring (bicyclic) bond motifs is 1. The Morgan fingerprint density at radius 3 is 2.67 bits per heavy atom. The van der Waals surface area contributed by atoms with Crippen LogP contribution in [0, 0.1) is 0 Å². The van der Waals surface area contributed by atoms with Crippen LogP contribution >= 0.6 is 0 Å². The number of aliphatic hydroxyl groups is 1.